The quantitative estimate of drug-likeness (QED) is 0.623. The zero-order valence-electron chi connectivity index (χ0n) is 6.19. The highest BCUT2D eigenvalue weighted by Gasteiger charge is 2.21. The maximum Gasteiger partial charge on any atom is 0.269 e. The Hall–Kier alpha value is -1.57. The summed E-state index contributed by atoms with van der Waals surface area (Å²) in [5, 5.41) is 8.26. The Kier molecular flexibility index (Phi) is 2.52. The summed E-state index contributed by atoms with van der Waals surface area (Å²) in [7, 11) is 0. The van der Waals surface area contributed by atoms with Crippen LogP contribution in [0.5, 0.6) is 0 Å². The van der Waals surface area contributed by atoms with Gasteiger partial charge >= 0.3 is 0 Å². The van der Waals surface area contributed by atoms with E-state index in [0.29, 0.717) is 6.07 Å². The number of benzene rings is 1. The molecule has 0 heterocycles. The van der Waals surface area contributed by atoms with Gasteiger partial charge in [0.25, 0.3) is 6.43 Å². The fraction of sp³-hybridized carbons (Fsp3) is 0.125. The maximum absolute atomic E-state index is 12.8. The molecule has 1 nitrogen and oxygen atoms in total. The molecule has 0 N–H and O–H groups in total. The SMILES string of the molecule is N#Cc1ccc(F)c(C(F)F)c1F. The molecule has 0 radical (unpaired) electrons. The van der Waals surface area contributed by atoms with Gasteiger partial charge < -0.3 is 0 Å². The lowest BCUT2D eigenvalue weighted by Gasteiger charge is -2.03. The first kappa shape index (κ1) is 9.52. The topological polar surface area (TPSA) is 23.8 Å². The molecule has 0 aliphatic carbocycles. The van der Waals surface area contributed by atoms with E-state index in [9.17, 15) is 17.6 Å². The molecule has 0 aliphatic heterocycles. The van der Waals surface area contributed by atoms with Gasteiger partial charge in [0.15, 0.2) is 5.82 Å². The molecule has 0 aliphatic rings. The van der Waals surface area contributed by atoms with Gasteiger partial charge in [0, 0.05) is 0 Å². The lowest BCUT2D eigenvalue weighted by molar-refractivity contribution is 0.141. The third-order valence-electron chi connectivity index (χ3n) is 1.47. The summed E-state index contributed by atoms with van der Waals surface area (Å²) in [5.74, 6) is -2.83. The lowest BCUT2D eigenvalue weighted by Crippen LogP contribution is -1.98. The Balaban J connectivity index is 3.41. The molecule has 1 rings (SSSR count). The minimum atomic E-state index is -3.26. The Morgan fingerprint density at radius 2 is 1.85 bits per heavy atom. The van der Waals surface area contributed by atoms with E-state index in [1.165, 1.54) is 6.07 Å². The number of alkyl halides is 2. The van der Waals surface area contributed by atoms with E-state index in [2.05, 4.69) is 0 Å². The second-order valence-electron chi connectivity index (χ2n) is 2.24. The fourth-order valence-electron chi connectivity index (χ4n) is 0.856. The van der Waals surface area contributed by atoms with Crippen LogP contribution < -0.4 is 0 Å². The van der Waals surface area contributed by atoms with Crippen molar-refractivity contribution in [3.8, 4) is 6.07 Å². The summed E-state index contributed by atoms with van der Waals surface area (Å²) in [4.78, 5) is 0. The Labute approximate surface area is 71.2 Å². The monoisotopic (exact) mass is 189 g/mol. The van der Waals surface area contributed by atoms with E-state index in [4.69, 9.17) is 5.26 Å². The van der Waals surface area contributed by atoms with Crippen LogP contribution in [0.4, 0.5) is 17.6 Å². The molecule has 0 fully saturated rings. The van der Waals surface area contributed by atoms with E-state index in [1.807, 2.05) is 0 Å². The highest BCUT2D eigenvalue weighted by atomic mass is 19.3. The van der Waals surface area contributed by atoms with Gasteiger partial charge in [0.05, 0.1) is 11.1 Å². The molecule has 1 aromatic rings. The van der Waals surface area contributed by atoms with Crippen LogP contribution in [0, 0.1) is 23.0 Å². The van der Waals surface area contributed by atoms with E-state index >= 15 is 0 Å². The van der Waals surface area contributed by atoms with Gasteiger partial charge in [-0.05, 0) is 12.1 Å². The molecule has 0 spiro atoms. The zero-order chi connectivity index (χ0) is 10.0. The predicted molar refractivity (Wildman–Crippen MR) is 36.0 cm³/mol. The van der Waals surface area contributed by atoms with E-state index in [-0.39, 0.29) is 0 Å². The average molecular weight is 189 g/mol. The van der Waals surface area contributed by atoms with Crippen molar-refractivity contribution in [1.82, 2.24) is 0 Å². The van der Waals surface area contributed by atoms with Gasteiger partial charge in [-0.1, -0.05) is 0 Å². The summed E-state index contributed by atoms with van der Waals surface area (Å²) in [6.07, 6.45) is -3.26. The number of nitrogens with zero attached hydrogens (tertiary/aromatic N) is 1. The van der Waals surface area contributed by atoms with Gasteiger partial charge in [0.2, 0.25) is 0 Å². The first-order chi connectivity index (χ1) is 6.07. The van der Waals surface area contributed by atoms with Crippen molar-refractivity contribution >= 4 is 0 Å². The lowest BCUT2D eigenvalue weighted by atomic mass is 10.1. The number of rotatable bonds is 1. The molecule has 0 saturated heterocycles. The molecule has 0 atom stereocenters. The molecule has 0 bridgehead atoms. The van der Waals surface area contributed by atoms with Crippen LogP contribution in [0.2, 0.25) is 0 Å². The zero-order valence-corrected chi connectivity index (χ0v) is 6.19. The molecule has 0 aromatic heterocycles. The normalized spacial score (nSPS) is 10.2. The van der Waals surface area contributed by atoms with Crippen LogP contribution >= 0.6 is 0 Å². The van der Waals surface area contributed by atoms with Crippen molar-refractivity contribution in [2.75, 3.05) is 0 Å². The third kappa shape index (κ3) is 1.61. The van der Waals surface area contributed by atoms with Crippen LogP contribution in [-0.4, -0.2) is 0 Å². The summed E-state index contributed by atoms with van der Waals surface area (Å²) in [5.41, 5.74) is -1.93. The summed E-state index contributed by atoms with van der Waals surface area (Å²) < 4.78 is 49.5. The van der Waals surface area contributed by atoms with Gasteiger partial charge in [-0.2, -0.15) is 5.26 Å². The predicted octanol–water partition coefficient (Wildman–Crippen LogP) is 2.77. The minimum absolute atomic E-state index is 0.586. The van der Waals surface area contributed by atoms with Crippen molar-refractivity contribution in [3.63, 3.8) is 0 Å². The van der Waals surface area contributed by atoms with Crippen molar-refractivity contribution in [3.05, 3.63) is 34.9 Å². The molecule has 5 heteroatoms. The van der Waals surface area contributed by atoms with Gasteiger partial charge in [-0.3, -0.25) is 0 Å². The summed E-state index contributed by atoms with van der Waals surface area (Å²) in [6.45, 7) is 0. The summed E-state index contributed by atoms with van der Waals surface area (Å²) in [6, 6.07) is 2.80. The molecule has 0 saturated carbocycles. The highest BCUT2D eigenvalue weighted by molar-refractivity contribution is 5.36. The maximum atomic E-state index is 12.8. The number of nitriles is 1. The average Bonchev–Trinajstić information content (AvgIpc) is 2.04. The number of hydrogen-bond donors (Lipinski definition) is 0. The second-order valence-corrected chi connectivity index (χ2v) is 2.24. The van der Waals surface area contributed by atoms with Crippen molar-refractivity contribution in [1.29, 1.82) is 5.26 Å². The van der Waals surface area contributed by atoms with Gasteiger partial charge in [-0.25, -0.2) is 17.6 Å². The van der Waals surface area contributed by atoms with Crippen LogP contribution in [0.25, 0.3) is 0 Å². The molecule has 68 valence electrons. The van der Waals surface area contributed by atoms with E-state index < -0.39 is 29.2 Å². The van der Waals surface area contributed by atoms with Crippen LogP contribution in [0.15, 0.2) is 12.1 Å². The molecule has 1 aromatic carbocycles. The molecule has 0 unspecified atom stereocenters. The molecular formula is C8H3F4N. The van der Waals surface area contributed by atoms with Crippen LogP contribution in [0.3, 0.4) is 0 Å². The van der Waals surface area contributed by atoms with E-state index in [0.717, 1.165) is 6.07 Å². The Morgan fingerprint density at radius 1 is 1.23 bits per heavy atom. The van der Waals surface area contributed by atoms with Gasteiger partial charge in [0.1, 0.15) is 11.9 Å². The fourth-order valence-corrected chi connectivity index (χ4v) is 0.856. The van der Waals surface area contributed by atoms with Crippen molar-refractivity contribution in [2.45, 2.75) is 6.43 Å². The minimum Gasteiger partial charge on any atom is -0.206 e. The van der Waals surface area contributed by atoms with E-state index in [1.54, 1.807) is 0 Å². The first-order valence-electron chi connectivity index (χ1n) is 3.24. The Morgan fingerprint density at radius 3 is 2.31 bits per heavy atom. The molecule has 0 amide bonds. The standard InChI is InChI=1S/C8H3F4N/c9-5-2-1-4(3-13)7(10)6(5)8(11)12/h1-2,8H. The van der Waals surface area contributed by atoms with Gasteiger partial charge in [-0.15, -0.1) is 0 Å². The van der Waals surface area contributed by atoms with Crippen LogP contribution in [0.1, 0.15) is 17.6 Å². The Bertz CT molecular complexity index is 367. The first-order valence-corrected chi connectivity index (χ1v) is 3.24. The number of halogens is 4. The van der Waals surface area contributed by atoms with Crippen molar-refractivity contribution in [2.24, 2.45) is 0 Å². The summed E-state index contributed by atoms with van der Waals surface area (Å²) >= 11 is 0. The molecule has 13 heavy (non-hydrogen) atoms. The number of hydrogen-bond acceptors (Lipinski definition) is 1. The smallest absolute Gasteiger partial charge is 0.206 e. The molecular weight excluding hydrogens is 186 g/mol. The largest absolute Gasteiger partial charge is 0.269 e. The van der Waals surface area contributed by atoms with Crippen LogP contribution in [-0.2, 0) is 0 Å². The highest BCUT2D eigenvalue weighted by Crippen LogP contribution is 2.26. The van der Waals surface area contributed by atoms with Crippen molar-refractivity contribution < 1.29 is 17.6 Å². The second kappa shape index (κ2) is 3.44. The third-order valence-corrected chi connectivity index (χ3v) is 1.47.